The molecule has 1 atom stereocenters. The minimum atomic E-state index is -0.270. The Hall–Kier alpha value is -1.30. The topological polar surface area (TPSA) is 91.1 Å². The maximum atomic E-state index is 9.41. The third-order valence-corrected chi connectivity index (χ3v) is 2.17. The first-order valence-electron chi connectivity index (χ1n) is 4.36. The van der Waals surface area contributed by atoms with E-state index in [1.807, 2.05) is 4.90 Å². The van der Waals surface area contributed by atoms with Gasteiger partial charge < -0.3 is 15.7 Å². The zero-order chi connectivity index (χ0) is 9.26. The van der Waals surface area contributed by atoms with Crippen molar-refractivity contribution in [2.75, 3.05) is 23.7 Å². The monoisotopic (exact) mass is 183 g/mol. The standard InChI is InChI=1S/C7H13N5O/c8-6-9-7(11-10-6)12-3-1-2-5(13)4-12/h5,13H,1-4H2,(H3,8,9,10,11). The second-order valence-electron chi connectivity index (χ2n) is 3.26. The van der Waals surface area contributed by atoms with Crippen LogP contribution < -0.4 is 10.6 Å². The van der Waals surface area contributed by atoms with E-state index >= 15 is 0 Å². The fourth-order valence-corrected chi connectivity index (χ4v) is 1.54. The van der Waals surface area contributed by atoms with Gasteiger partial charge in [0.1, 0.15) is 0 Å². The predicted molar refractivity (Wildman–Crippen MR) is 48.2 cm³/mol. The number of aliphatic hydroxyl groups excluding tert-OH is 1. The molecule has 0 bridgehead atoms. The molecule has 6 nitrogen and oxygen atoms in total. The number of nitrogen functional groups attached to an aromatic ring is 1. The molecule has 1 aliphatic rings. The summed E-state index contributed by atoms with van der Waals surface area (Å²) >= 11 is 0. The fourth-order valence-electron chi connectivity index (χ4n) is 1.54. The van der Waals surface area contributed by atoms with E-state index in [0.29, 0.717) is 18.4 Å². The molecule has 0 saturated carbocycles. The number of β-amino-alcohol motifs (C(OH)–C–C–N with tert-alkyl or cyclic N) is 1. The summed E-state index contributed by atoms with van der Waals surface area (Å²) in [6, 6.07) is 0. The van der Waals surface area contributed by atoms with Gasteiger partial charge in [0.15, 0.2) is 0 Å². The minimum absolute atomic E-state index is 0.270. The highest BCUT2D eigenvalue weighted by atomic mass is 16.3. The summed E-state index contributed by atoms with van der Waals surface area (Å²) in [4.78, 5) is 5.93. The van der Waals surface area contributed by atoms with Crippen molar-refractivity contribution in [3.8, 4) is 0 Å². The Labute approximate surface area is 75.8 Å². The van der Waals surface area contributed by atoms with Crippen LogP contribution in [0.15, 0.2) is 0 Å². The van der Waals surface area contributed by atoms with Crippen LogP contribution in [-0.2, 0) is 0 Å². The van der Waals surface area contributed by atoms with Crippen molar-refractivity contribution in [2.45, 2.75) is 18.9 Å². The molecule has 0 aromatic carbocycles. The molecule has 2 rings (SSSR count). The lowest BCUT2D eigenvalue weighted by Crippen LogP contribution is -2.38. The molecule has 0 radical (unpaired) electrons. The number of nitrogens with zero attached hydrogens (tertiary/aromatic N) is 3. The van der Waals surface area contributed by atoms with Crippen LogP contribution in [0.5, 0.6) is 0 Å². The highest BCUT2D eigenvalue weighted by Gasteiger charge is 2.20. The molecular weight excluding hydrogens is 170 g/mol. The number of aromatic amines is 1. The van der Waals surface area contributed by atoms with Gasteiger partial charge >= 0.3 is 0 Å². The van der Waals surface area contributed by atoms with E-state index in [0.717, 1.165) is 19.4 Å². The molecule has 0 aliphatic carbocycles. The largest absolute Gasteiger partial charge is 0.391 e. The van der Waals surface area contributed by atoms with Crippen LogP contribution >= 0.6 is 0 Å². The number of hydrogen-bond acceptors (Lipinski definition) is 5. The van der Waals surface area contributed by atoms with Crippen LogP contribution in [0.25, 0.3) is 0 Å². The van der Waals surface area contributed by atoms with Crippen LogP contribution in [0, 0.1) is 0 Å². The van der Waals surface area contributed by atoms with Crippen molar-refractivity contribution >= 4 is 11.9 Å². The van der Waals surface area contributed by atoms with Crippen molar-refractivity contribution in [2.24, 2.45) is 0 Å². The Morgan fingerprint density at radius 2 is 2.46 bits per heavy atom. The van der Waals surface area contributed by atoms with Crippen molar-refractivity contribution in [1.29, 1.82) is 0 Å². The molecule has 1 unspecified atom stereocenters. The zero-order valence-corrected chi connectivity index (χ0v) is 7.27. The van der Waals surface area contributed by atoms with E-state index in [1.54, 1.807) is 0 Å². The first-order chi connectivity index (χ1) is 6.25. The number of piperidine rings is 1. The molecule has 13 heavy (non-hydrogen) atoms. The van der Waals surface area contributed by atoms with E-state index in [2.05, 4.69) is 15.2 Å². The zero-order valence-electron chi connectivity index (χ0n) is 7.27. The lowest BCUT2D eigenvalue weighted by molar-refractivity contribution is 0.153. The lowest BCUT2D eigenvalue weighted by atomic mass is 10.1. The minimum Gasteiger partial charge on any atom is -0.391 e. The molecule has 2 heterocycles. The lowest BCUT2D eigenvalue weighted by Gasteiger charge is -2.28. The third kappa shape index (κ3) is 1.72. The van der Waals surface area contributed by atoms with Crippen LogP contribution in [-0.4, -0.2) is 39.5 Å². The summed E-state index contributed by atoms with van der Waals surface area (Å²) in [6.07, 6.45) is 1.56. The van der Waals surface area contributed by atoms with Gasteiger partial charge in [-0.3, -0.25) is 0 Å². The summed E-state index contributed by atoms with van der Waals surface area (Å²) < 4.78 is 0. The number of anilines is 2. The maximum Gasteiger partial charge on any atom is 0.246 e. The van der Waals surface area contributed by atoms with Crippen molar-refractivity contribution in [1.82, 2.24) is 15.2 Å². The van der Waals surface area contributed by atoms with E-state index < -0.39 is 0 Å². The molecule has 4 N–H and O–H groups in total. The Morgan fingerprint density at radius 3 is 3.08 bits per heavy atom. The average Bonchev–Trinajstić information content (AvgIpc) is 2.52. The van der Waals surface area contributed by atoms with Gasteiger partial charge in [-0.25, -0.2) is 5.10 Å². The van der Waals surface area contributed by atoms with Gasteiger partial charge in [-0.15, -0.1) is 5.10 Å². The molecule has 0 spiro atoms. The number of aromatic nitrogens is 3. The Kier molecular flexibility index (Phi) is 2.05. The van der Waals surface area contributed by atoms with Gasteiger partial charge in [0.25, 0.3) is 0 Å². The average molecular weight is 183 g/mol. The molecule has 1 aliphatic heterocycles. The van der Waals surface area contributed by atoms with Gasteiger partial charge in [-0.05, 0) is 12.8 Å². The number of aliphatic hydroxyl groups is 1. The van der Waals surface area contributed by atoms with Crippen molar-refractivity contribution in [3.63, 3.8) is 0 Å². The Morgan fingerprint density at radius 1 is 1.62 bits per heavy atom. The van der Waals surface area contributed by atoms with Gasteiger partial charge in [-0.2, -0.15) is 4.98 Å². The molecule has 72 valence electrons. The fraction of sp³-hybridized carbons (Fsp3) is 0.714. The number of rotatable bonds is 1. The summed E-state index contributed by atoms with van der Waals surface area (Å²) in [6.45, 7) is 1.48. The smallest absolute Gasteiger partial charge is 0.246 e. The van der Waals surface area contributed by atoms with Crippen molar-refractivity contribution in [3.05, 3.63) is 0 Å². The normalized spacial score (nSPS) is 23.5. The summed E-state index contributed by atoms with van der Waals surface area (Å²) in [5, 5.41) is 15.9. The maximum absolute atomic E-state index is 9.41. The summed E-state index contributed by atoms with van der Waals surface area (Å²) in [5.74, 6) is 0.895. The van der Waals surface area contributed by atoms with Crippen molar-refractivity contribution < 1.29 is 5.11 Å². The SMILES string of the molecule is Nc1nc(N2CCCC(O)C2)n[nH]1. The van der Waals surface area contributed by atoms with Gasteiger partial charge in [0.05, 0.1) is 6.10 Å². The summed E-state index contributed by atoms with van der Waals surface area (Å²) in [7, 11) is 0. The molecular formula is C7H13N5O. The Balaban J connectivity index is 2.08. The number of H-pyrrole nitrogens is 1. The summed E-state index contributed by atoms with van der Waals surface area (Å²) in [5.41, 5.74) is 5.40. The number of hydrogen-bond donors (Lipinski definition) is 3. The second kappa shape index (κ2) is 3.21. The van der Waals surface area contributed by atoms with E-state index in [9.17, 15) is 5.11 Å². The predicted octanol–water partition coefficient (Wildman–Crippen LogP) is -0.652. The molecule has 0 amide bonds. The van der Waals surface area contributed by atoms with E-state index in [1.165, 1.54) is 0 Å². The van der Waals surface area contributed by atoms with Gasteiger partial charge in [0, 0.05) is 13.1 Å². The van der Waals surface area contributed by atoms with Gasteiger partial charge in [-0.1, -0.05) is 0 Å². The van der Waals surface area contributed by atoms with E-state index in [4.69, 9.17) is 5.73 Å². The number of nitrogens with one attached hydrogen (secondary N) is 1. The molecule has 1 aromatic heterocycles. The second-order valence-corrected chi connectivity index (χ2v) is 3.26. The Bertz CT molecular complexity index is 286. The van der Waals surface area contributed by atoms with Crippen LogP contribution in [0.3, 0.4) is 0 Å². The molecule has 1 aromatic rings. The van der Waals surface area contributed by atoms with Crippen LogP contribution in [0.2, 0.25) is 0 Å². The van der Waals surface area contributed by atoms with Crippen LogP contribution in [0.4, 0.5) is 11.9 Å². The first-order valence-corrected chi connectivity index (χ1v) is 4.36. The highest BCUT2D eigenvalue weighted by Crippen LogP contribution is 2.15. The molecule has 1 saturated heterocycles. The first kappa shape index (κ1) is 8.31. The third-order valence-electron chi connectivity index (χ3n) is 2.17. The molecule has 1 fully saturated rings. The van der Waals surface area contributed by atoms with Crippen LogP contribution in [0.1, 0.15) is 12.8 Å². The quantitative estimate of drug-likeness (QED) is 0.538. The van der Waals surface area contributed by atoms with Gasteiger partial charge in [0.2, 0.25) is 11.9 Å². The van der Waals surface area contributed by atoms with E-state index in [-0.39, 0.29) is 6.10 Å². The molecule has 6 heteroatoms. The number of nitrogens with two attached hydrogens (primary N) is 1. The highest BCUT2D eigenvalue weighted by molar-refractivity contribution is 5.34.